The SMILES string of the molecule is CC\C=C/C=C\C=C/CCCCCCCCCC(=O)OC(COC(=O)CCCCCCCCC/C=C\CCCCCCCC)COC(=O)CCCCCCCCCCCC. The van der Waals surface area contributed by atoms with E-state index in [0.29, 0.717) is 19.3 Å². The first-order valence-electron chi connectivity index (χ1n) is 25.7. The molecule has 0 aliphatic carbocycles. The summed E-state index contributed by atoms with van der Waals surface area (Å²) in [5, 5.41) is 0. The molecule has 6 nitrogen and oxygen atoms in total. The van der Waals surface area contributed by atoms with E-state index in [-0.39, 0.29) is 31.1 Å². The van der Waals surface area contributed by atoms with Crippen molar-refractivity contribution in [2.75, 3.05) is 13.2 Å². The van der Waals surface area contributed by atoms with Crippen molar-refractivity contribution in [2.45, 2.75) is 264 Å². The van der Waals surface area contributed by atoms with Gasteiger partial charge in [-0.15, -0.1) is 0 Å². The topological polar surface area (TPSA) is 78.9 Å². The van der Waals surface area contributed by atoms with Gasteiger partial charge in [-0.2, -0.15) is 0 Å². The van der Waals surface area contributed by atoms with Crippen LogP contribution < -0.4 is 0 Å². The molecule has 0 heterocycles. The van der Waals surface area contributed by atoms with Gasteiger partial charge in [-0.25, -0.2) is 0 Å². The summed E-state index contributed by atoms with van der Waals surface area (Å²) in [6, 6.07) is 0. The largest absolute Gasteiger partial charge is 0.462 e. The predicted molar refractivity (Wildman–Crippen MR) is 256 cm³/mol. The molecule has 0 aromatic heterocycles. The Morgan fingerprint density at radius 2 is 0.667 bits per heavy atom. The summed E-state index contributed by atoms with van der Waals surface area (Å²) in [7, 11) is 0. The molecule has 1 atom stereocenters. The van der Waals surface area contributed by atoms with E-state index in [1.54, 1.807) is 0 Å². The number of allylic oxidation sites excluding steroid dienone is 8. The van der Waals surface area contributed by atoms with E-state index in [4.69, 9.17) is 14.2 Å². The first kappa shape index (κ1) is 57.4. The van der Waals surface area contributed by atoms with E-state index in [1.165, 1.54) is 148 Å². The summed E-state index contributed by atoms with van der Waals surface area (Å²) >= 11 is 0. The molecule has 0 bridgehead atoms. The Morgan fingerprint density at radius 3 is 1.05 bits per heavy atom. The normalized spacial score (nSPS) is 12.4. The first-order valence-corrected chi connectivity index (χ1v) is 25.7. The summed E-state index contributed by atoms with van der Waals surface area (Å²) in [6.07, 6.45) is 58.1. The molecule has 0 aliphatic rings. The van der Waals surface area contributed by atoms with E-state index >= 15 is 0 Å². The molecule has 0 spiro atoms. The molecular weight excluding hydrogens is 745 g/mol. The summed E-state index contributed by atoms with van der Waals surface area (Å²) in [5.41, 5.74) is 0. The zero-order valence-electron chi connectivity index (χ0n) is 39.7. The summed E-state index contributed by atoms with van der Waals surface area (Å²) in [5.74, 6) is -0.889. The second-order valence-electron chi connectivity index (χ2n) is 17.1. The Morgan fingerprint density at radius 1 is 0.350 bits per heavy atom. The fourth-order valence-electron chi connectivity index (χ4n) is 7.26. The highest BCUT2D eigenvalue weighted by Gasteiger charge is 2.19. The van der Waals surface area contributed by atoms with Crippen LogP contribution in [-0.4, -0.2) is 37.2 Å². The summed E-state index contributed by atoms with van der Waals surface area (Å²) in [4.78, 5) is 37.9. The third kappa shape index (κ3) is 46.4. The maximum Gasteiger partial charge on any atom is 0.306 e. The van der Waals surface area contributed by atoms with Crippen molar-refractivity contribution in [2.24, 2.45) is 0 Å². The number of esters is 3. The number of ether oxygens (including phenoxy) is 3. The molecule has 0 rings (SSSR count). The van der Waals surface area contributed by atoms with Gasteiger partial charge in [0.1, 0.15) is 13.2 Å². The minimum absolute atomic E-state index is 0.0775. The van der Waals surface area contributed by atoms with Crippen LogP contribution in [-0.2, 0) is 28.6 Å². The van der Waals surface area contributed by atoms with Gasteiger partial charge < -0.3 is 14.2 Å². The standard InChI is InChI=1S/C54H96O6/c1-4-7-10-13-16-19-22-24-26-27-29-30-32-35-38-41-44-47-53(56)59-50-51(49-58-52(55)46-43-40-37-34-21-18-15-12-9-6-3)60-54(57)48-45-42-39-36-33-31-28-25-23-20-17-14-11-8-5-2/h8,11,14,17,20,23-24,26,51H,4-7,9-10,12-13,15-16,18-19,21-22,25,27-50H2,1-3H3/b11-8-,17-14-,23-20-,26-24-. The Kier molecular flexibility index (Phi) is 46.9. The van der Waals surface area contributed by atoms with Crippen LogP contribution in [0.3, 0.4) is 0 Å². The molecule has 60 heavy (non-hydrogen) atoms. The Labute approximate surface area is 371 Å². The van der Waals surface area contributed by atoms with Crippen LogP contribution in [0.2, 0.25) is 0 Å². The highest BCUT2D eigenvalue weighted by Crippen LogP contribution is 2.15. The average molecular weight is 841 g/mol. The van der Waals surface area contributed by atoms with Gasteiger partial charge >= 0.3 is 17.9 Å². The second kappa shape index (κ2) is 49.0. The number of carbonyl (C=O) groups is 3. The number of carbonyl (C=O) groups excluding carboxylic acids is 3. The van der Waals surface area contributed by atoms with Gasteiger partial charge in [-0.1, -0.05) is 223 Å². The van der Waals surface area contributed by atoms with Crippen molar-refractivity contribution in [3.8, 4) is 0 Å². The lowest BCUT2D eigenvalue weighted by Gasteiger charge is -2.18. The summed E-state index contributed by atoms with van der Waals surface area (Å²) < 4.78 is 16.8. The molecule has 348 valence electrons. The minimum atomic E-state index is -0.777. The van der Waals surface area contributed by atoms with Crippen LogP contribution in [0, 0.1) is 0 Å². The molecular formula is C54H96O6. The monoisotopic (exact) mass is 841 g/mol. The van der Waals surface area contributed by atoms with Crippen LogP contribution >= 0.6 is 0 Å². The molecule has 0 saturated carbocycles. The molecule has 0 fully saturated rings. The zero-order valence-corrected chi connectivity index (χ0v) is 39.7. The van der Waals surface area contributed by atoms with E-state index in [2.05, 4.69) is 69.4 Å². The maximum atomic E-state index is 12.8. The molecule has 0 aliphatic heterocycles. The number of rotatable bonds is 46. The average Bonchev–Trinajstić information content (AvgIpc) is 3.24. The lowest BCUT2D eigenvalue weighted by molar-refractivity contribution is -0.167. The van der Waals surface area contributed by atoms with Gasteiger partial charge in [-0.05, 0) is 64.2 Å². The van der Waals surface area contributed by atoms with Crippen molar-refractivity contribution in [3.05, 3.63) is 48.6 Å². The lowest BCUT2D eigenvalue weighted by Crippen LogP contribution is -2.30. The van der Waals surface area contributed by atoms with Crippen LogP contribution in [0.4, 0.5) is 0 Å². The summed E-state index contributed by atoms with van der Waals surface area (Å²) in [6.45, 7) is 6.49. The quantitative estimate of drug-likeness (QED) is 0.0200. The fraction of sp³-hybridized carbons (Fsp3) is 0.796. The van der Waals surface area contributed by atoms with E-state index in [9.17, 15) is 14.4 Å². The van der Waals surface area contributed by atoms with Crippen molar-refractivity contribution in [1.82, 2.24) is 0 Å². The highest BCUT2D eigenvalue weighted by molar-refractivity contribution is 5.71. The third-order valence-electron chi connectivity index (χ3n) is 11.1. The van der Waals surface area contributed by atoms with E-state index in [0.717, 1.165) is 70.6 Å². The first-order chi connectivity index (χ1) is 29.5. The van der Waals surface area contributed by atoms with Gasteiger partial charge in [0.15, 0.2) is 6.10 Å². The predicted octanol–water partition coefficient (Wildman–Crippen LogP) is 16.7. The Hall–Kier alpha value is -2.63. The van der Waals surface area contributed by atoms with Crippen molar-refractivity contribution < 1.29 is 28.6 Å². The molecule has 0 aromatic rings. The number of hydrogen-bond acceptors (Lipinski definition) is 6. The molecule has 0 saturated heterocycles. The second-order valence-corrected chi connectivity index (χ2v) is 17.1. The minimum Gasteiger partial charge on any atom is -0.462 e. The van der Waals surface area contributed by atoms with Crippen LogP contribution in [0.15, 0.2) is 48.6 Å². The van der Waals surface area contributed by atoms with Gasteiger partial charge in [0, 0.05) is 19.3 Å². The number of hydrogen-bond donors (Lipinski definition) is 0. The molecule has 6 heteroatoms. The Balaban J connectivity index is 4.34. The van der Waals surface area contributed by atoms with Crippen LogP contribution in [0.5, 0.6) is 0 Å². The van der Waals surface area contributed by atoms with Crippen LogP contribution in [0.1, 0.15) is 258 Å². The van der Waals surface area contributed by atoms with Gasteiger partial charge in [0.05, 0.1) is 0 Å². The van der Waals surface area contributed by atoms with Crippen molar-refractivity contribution in [1.29, 1.82) is 0 Å². The molecule has 0 radical (unpaired) electrons. The smallest absolute Gasteiger partial charge is 0.306 e. The van der Waals surface area contributed by atoms with Crippen molar-refractivity contribution >= 4 is 17.9 Å². The Bertz CT molecular complexity index is 1060. The molecule has 0 aromatic carbocycles. The molecule has 0 N–H and O–H groups in total. The van der Waals surface area contributed by atoms with Gasteiger partial charge in [0.2, 0.25) is 0 Å². The maximum absolute atomic E-state index is 12.8. The molecule has 0 amide bonds. The molecule has 1 unspecified atom stereocenters. The fourth-order valence-corrected chi connectivity index (χ4v) is 7.26. The van der Waals surface area contributed by atoms with Crippen LogP contribution in [0.25, 0.3) is 0 Å². The van der Waals surface area contributed by atoms with Crippen molar-refractivity contribution in [3.63, 3.8) is 0 Å². The van der Waals surface area contributed by atoms with E-state index in [1.807, 2.05) is 0 Å². The highest BCUT2D eigenvalue weighted by atomic mass is 16.6. The van der Waals surface area contributed by atoms with Gasteiger partial charge in [0.25, 0.3) is 0 Å². The third-order valence-corrected chi connectivity index (χ3v) is 11.1. The zero-order chi connectivity index (χ0) is 43.7. The van der Waals surface area contributed by atoms with Gasteiger partial charge in [-0.3, -0.25) is 14.4 Å². The number of unbranched alkanes of at least 4 members (excludes halogenated alkanes) is 29. The van der Waals surface area contributed by atoms with E-state index < -0.39 is 6.10 Å². The lowest BCUT2D eigenvalue weighted by atomic mass is 10.1.